The van der Waals surface area contributed by atoms with Crippen LogP contribution in [0.25, 0.3) is 21.5 Å². The van der Waals surface area contributed by atoms with E-state index in [-0.39, 0.29) is 11.5 Å². The number of nitrogens with one attached hydrogen (secondary N) is 2. The summed E-state index contributed by atoms with van der Waals surface area (Å²) in [5.41, 5.74) is 3.55. The number of carbonyl (C=O) groups is 2. The molecule has 4 aromatic heterocycles. The third-order valence-corrected chi connectivity index (χ3v) is 7.88. The van der Waals surface area contributed by atoms with Crippen LogP contribution in [-0.2, 0) is 13.0 Å². The summed E-state index contributed by atoms with van der Waals surface area (Å²) in [7, 11) is 1.54. The van der Waals surface area contributed by atoms with Crippen molar-refractivity contribution in [2.45, 2.75) is 13.0 Å². The lowest BCUT2D eigenvalue weighted by Crippen LogP contribution is -2.26. The second-order valence-corrected chi connectivity index (χ2v) is 10.5. The summed E-state index contributed by atoms with van der Waals surface area (Å²) in [4.78, 5) is 38.1. The average molecular weight is 584 g/mol. The van der Waals surface area contributed by atoms with Gasteiger partial charge in [0.1, 0.15) is 0 Å². The van der Waals surface area contributed by atoms with Crippen molar-refractivity contribution in [3.8, 4) is 10.4 Å². The van der Waals surface area contributed by atoms with Gasteiger partial charge in [-0.15, -0.1) is 11.3 Å². The molecule has 0 spiro atoms. The highest BCUT2D eigenvalue weighted by Crippen LogP contribution is 2.29. The largest absolute Gasteiger partial charge is 0.311 e. The zero-order valence-corrected chi connectivity index (χ0v) is 23.0. The minimum absolute atomic E-state index is 0.0103. The summed E-state index contributed by atoms with van der Waals surface area (Å²) in [6.45, 7) is 0.483. The van der Waals surface area contributed by atoms with Crippen LogP contribution in [0.5, 0.6) is 0 Å². The van der Waals surface area contributed by atoms with Crippen molar-refractivity contribution in [3.63, 3.8) is 0 Å². The van der Waals surface area contributed by atoms with Crippen molar-refractivity contribution in [2.75, 3.05) is 17.3 Å². The van der Waals surface area contributed by atoms with Crippen LogP contribution in [0.15, 0.2) is 85.3 Å². The fourth-order valence-electron chi connectivity index (χ4n) is 4.52. The Morgan fingerprint density at radius 2 is 1.93 bits per heavy atom. The Morgan fingerprint density at radius 1 is 1.05 bits per heavy atom. The maximum Gasteiger partial charge on any atom is 0.268 e. The van der Waals surface area contributed by atoms with E-state index in [2.05, 4.69) is 20.5 Å². The van der Waals surface area contributed by atoms with Gasteiger partial charge >= 0.3 is 0 Å². The molecule has 6 aromatic rings. The second-order valence-electron chi connectivity index (χ2n) is 9.43. The summed E-state index contributed by atoms with van der Waals surface area (Å²) in [5.74, 6) is -2.60. The van der Waals surface area contributed by atoms with Crippen molar-refractivity contribution in [1.82, 2.24) is 24.7 Å². The highest BCUT2D eigenvalue weighted by Gasteiger charge is 2.20. The number of hydrogen-bond acceptors (Lipinski definition) is 6. The number of carbonyl (C=O) groups excluding carboxylic acids is 2. The number of benzene rings is 2. The van der Waals surface area contributed by atoms with E-state index in [4.69, 9.17) is 4.98 Å². The minimum atomic E-state index is -1.10. The molecule has 0 saturated carbocycles. The van der Waals surface area contributed by atoms with E-state index in [1.807, 2.05) is 34.9 Å². The molecular weight excluding hydrogens is 560 g/mol. The molecule has 210 valence electrons. The van der Waals surface area contributed by atoms with Crippen molar-refractivity contribution in [3.05, 3.63) is 113 Å². The molecule has 42 heavy (non-hydrogen) atoms. The number of halogens is 2. The first-order valence-corrected chi connectivity index (χ1v) is 13.7. The molecule has 0 saturated heterocycles. The molecule has 2 aromatic carbocycles. The SMILES string of the molecule is CN(C(=O)c1ccc(F)c(F)c1)c1ccc2c(c1)nc(NC(=O)c1ccc(-c3cn[nH]c3)s1)n2CCc1ccccn1. The molecule has 6 rings (SSSR count). The number of nitrogens with zero attached hydrogens (tertiary/aromatic N) is 5. The third-order valence-electron chi connectivity index (χ3n) is 6.75. The Kier molecular flexibility index (Phi) is 7.28. The Balaban J connectivity index is 1.31. The van der Waals surface area contributed by atoms with Crippen LogP contribution >= 0.6 is 11.3 Å². The molecule has 2 amide bonds. The van der Waals surface area contributed by atoms with Gasteiger partial charge in [0.15, 0.2) is 11.6 Å². The van der Waals surface area contributed by atoms with E-state index in [9.17, 15) is 18.4 Å². The van der Waals surface area contributed by atoms with Crippen LogP contribution in [0.4, 0.5) is 20.4 Å². The molecule has 0 radical (unpaired) electrons. The number of pyridine rings is 1. The maximum absolute atomic E-state index is 13.8. The summed E-state index contributed by atoms with van der Waals surface area (Å²) in [6.07, 6.45) is 5.77. The number of aromatic amines is 1. The van der Waals surface area contributed by atoms with Crippen LogP contribution in [0.3, 0.4) is 0 Å². The van der Waals surface area contributed by atoms with Gasteiger partial charge in [-0.2, -0.15) is 5.10 Å². The number of fused-ring (bicyclic) bond motifs is 1. The van der Waals surface area contributed by atoms with E-state index in [0.717, 1.165) is 33.8 Å². The predicted molar refractivity (Wildman–Crippen MR) is 157 cm³/mol. The van der Waals surface area contributed by atoms with E-state index < -0.39 is 17.5 Å². The van der Waals surface area contributed by atoms with Crippen LogP contribution in [-0.4, -0.2) is 43.6 Å². The van der Waals surface area contributed by atoms with Gasteiger partial charge in [-0.05, 0) is 60.7 Å². The first-order valence-electron chi connectivity index (χ1n) is 12.9. The average Bonchev–Trinajstić information content (AvgIpc) is 3.77. The number of anilines is 2. The molecule has 0 aliphatic rings. The van der Waals surface area contributed by atoms with Gasteiger partial charge in [0.05, 0.1) is 22.1 Å². The Bertz CT molecular complexity index is 1900. The van der Waals surface area contributed by atoms with Gasteiger partial charge in [-0.3, -0.25) is 25.0 Å². The van der Waals surface area contributed by atoms with Crippen molar-refractivity contribution in [2.24, 2.45) is 0 Å². The first-order chi connectivity index (χ1) is 20.4. The molecule has 2 N–H and O–H groups in total. The molecule has 4 heterocycles. The molecule has 0 bridgehead atoms. The number of imidazole rings is 1. The van der Waals surface area contributed by atoms with Gasteiger partial charge in [0.25, 0.3) is 11.8 Å². The van der Waals surface area contributed by atoms with Crippen LogP contribution in [0.2, 0.25) is 0 Å². The highest BCUT2D eigenvalue weighted by atomic mass is 32.1. The Labute approximate surface area is 242 Å². The topological polar surface area (TPSA) is 109 Å². The summed E-state index contributed by atoms with van der Waals surface area (Å²) >= 11 is 1.34. The number of hydrogen-bond donors (Lipinski definition) is 2. The molecule has 0 aliphatic carbocycles. The molecule has 0 atom stereocenters. The number of thiophene rings is 1. The number of rotatable bonds is 8. The molecule has 0 fully saturated rings. The van der Waals surface area contributed by atoms with Crippen molar-refractivity contribution >= 4 is 45.8 Å². The van der Waals surface area contributed by atoms with Gasteiger partial charge in [-0.1, -0.05) is 6.07 Å². The van der Waals surface area contributed by atoms with Gasteiger partial charge < -0.3 is 9.47 Å². The van der Waals surface area contributed by atoms with Crippen LogP contribution < -0.4 is 10.2 Å². The van der Waals surface area contributed by atoms with Crippen molar-refractivity contribution in [1.29, 1.82) is 0 Å². The quantitative estimate of drug-likeness (QED) is 0.231. The van der Waals surface area contributed by atoms with Crippen LogP contribution in [0.1, 0.15) is 25.7 Å². The normalized spacial score (nSPS) is 11.1. The molecule has 0 aliphatic heterocycles. The molecule has 9 nitrogen and oxygen atoms in total. The standard InChI is InChI=1S/C30H23F2N7O2S/c1-38(29(41)18-5-7-22(31)23(32)14-18)21-6-8-25-24(15-21)36-30(39(25)13-11-20-4-2-3-12-33-20)37-28(40)27-10-9-26(42-27)19-16-34-35-17-19/h2-10,12,14-17H,11,13H2,1H3,(H,34,35)(H,36,37,40). The Morgan fingerprint density at radius 3 is 2.69 bits per heavy atom. The predicted octanol–water partition coefficient (Wildman–Crippen LogP) is 5.93. The lowest BCUT2D eigenvalue weighted by Gasteiger charge is -2.17. The smallest absolute Gasteiger partial charge is 0.268 e. The first kappa shape index (κ1) is 27.0. The van der Waals surface area contributed by atoms with E-state index in [1.165, 1.54) is 22.3 Å². The molecule has 0 unspecified atom stereocenters. The zero-order valence-electron chi connectivity index (χ0n) is 22.2. The van der Waals surface area contributed by atoms with E-state index in [1.54, 1.807) is 43.8 Å². The van der Waals surface area contributed by atoms with Gasteiger partial charge in [-0.25, -0.2) is 13.8 Å². The molecular formula is C30H23F2N7O2S. The van der Waals surface area contributed by atoms with Crippen molar-refractivity contribution < 1.29 is 18.4 Å². The summed E-state index contributed by atoms with van der Waals surface area (Å²) < 4.78 is 29.0. The highest BCUT2D eigenvalue weighted by molar-refractivity contribution is 7.17. The lowest BCUT2D eigenvalue weighted by molar-refractivity contribution is 0.0990. The Hall–Kier alpha value is -5.23. The molecule has 12 heteroatoms. The second kappa shape index (κ2) is 11.3. The van der Waals surface area contributed by atoms with E-state index >= 15 is 0 Å². The summed E-state index contributed by atoms with van der Waals surface area (Å²) in [6, 6.07) is 17.6. The monoisotopic (exact) mass is 583 g/mol. The number of aromatic nitrogens is 5. The third kappa shape index (κ3) is 5.39. The zero-order chi connectivity index (χ0) is 29.2. The van der Waals surface area contributed by atoms with Gasteiger partial charge in [0, 0.05) is 59.8 Å². The van der Waals surface area contributed by atoms with Gasteiger partial charge in [0.2, 0.25) is 5.95 Å². The van der Waals surface area contributed by atoms with Crippen LogP contribution in [0, 0.1) is 11.6 Å². The summed E-state index contributed by atoms with van der Waals surface area (Å²) in [5, 5.41) is 9.68. The minimum Gasteiger partial charge on any atom is -0.311 e. The number of amides is 2. The lowest BCUT2D eigenvalue weighted by atomic mass is 10.1. The van der Waals surface area contributed by atoms with E-state index in [0.29, 0.717) is 35.0 Å². The number of aryl methyl sites for hydroxylation is 2. The fraction of sp³-hybridized carbons (Fsp3) is 0.100. The maximum atomic E-state index is 13.8. The number of H-pyrrole nitrogens is 1. The fourth-order valence-corrected chi connectivity index (χ4v) is 5.41.